The lowest BCUT2D eigenvalue weighted by molar-refractivity contribution is 0.519. The summed E-state index contributed by atoms with van der Waals surface area (Å²) >= 11 is 0. The van der Waals surface area contributed by atoms with Crippen molar-refractivity contribution in [3.8, 4) is 33.4 Å². The van der Waals surface area contributed by atoms with E-state index in [1.807, 2.05) is 0 Å². The summed E-state index contributed by atoms with van der Waals surface area (Å²) in [5, 5.41) is 9.69. The molecule has 386 valence electrons. The Labute approximate surface area is 475 Å². The normalized spacial score (nSPS) is 13.1. The quantitative estimate of drug-likeness (QED) is 0.128. The number of allylic oxidation sites excluding steroid dienone is 1. The van der Waals surface area contributed by atoms with Gasteiger partial charge in [0.05, 0.1) is 11.4 Å². The van der Waals surface area contributed by atoms with Crippen LogP contribution in [0.5, 0.6) is 0 Å². The number of para-hydroxylation sites is 3. The minimum Gasteiger partial charge on any atom is -0.459 e. The first-order chi connectivity index (χ1) is 40.7. The molecule has 4 heteroatoms. The zero-order chi connectivity index (χ0) is 54.1. The summed E-state index contributed by atoms with van der Waals surface area (Å²) in [6, 6.07) is 103. The minimum atomic E-state index is 0.00547. The van der Waals surface area contributed by atoms with Crippen LogP contribution in [0.2, 0.25) is 0 Å². The fraction of sp³-hybridized carbons (Fsp3) is 0.0256. The van der Waals surface area contributed by atoms with E-state index >= 15 is 0 Å². The Morgan fingerprint density at radius 3 is 1.54 bits per heavy atom. The Morgan fingerprint density at radius 2 is 0.866 bits per heavy atom. The lowest BCUT2D eigenvalue weighted by Gasteiger charge is -2.30. The molecule has 0 spiro atoms. The molecule has 0 saturated heterocycles. The Balaban J connectivity index is 1.05. The van der Waals surface area contributed by atoms with E-state index in [9.17, 15) is 0 Å². The molecule has 82 heavy (non-hydrogen) atoms. The topological polar surface area (TPSA) is 32.8 Å². The second-order valence-electron chi connectivity index (χ2n) is 21.4. The van der Waals surface area contributed by atoms with E-state index in [0.717, 1.165) is 128 Å². The van der Waals surface area contributed by atoms with Crippen molar-refractivity contribution in [2.75, 3.05) is 9.80 Å². The number of rotatable bonds is 10. The Hall–Kier alpha value is -10.7. The summed E-state index contributed by atoms with van der Waals surface area (Å²) in [7, 11) is 0. The first-order valence-electron chi connectivity index (χ1n) is 28.2. The summed E-state index contributed by atoms with van der Waals surface area (Å²) in [4.78, 5) is 4.85. The molecule has 1 atom stereocenters. The Bertz CT molecular complexity index is 4910. The second-order valence-corrected chi connectivity index (χ2v) is 21.4. The van der Waals surface area contributed by atoms with Crippen LogP contribution in [0.4, 0.5) is 34.1 Å². The van der Waals surface area contributed by atoms with Crippen molar-refractivity contribution in [3.05, 3.63) is 308 Å². The average Bonchev–Trinajstić information content (AvgIpc) is 3.95. The highest BCUT2D eigenvalue weighted by molar-refractivity contribution is 6.36. The Kier molecular flexibility index (Phi) is 11.3. The zero-order valence-electron chi connectivity index (χ0n) is 44.8. The van der Waals surface area contributed by atoms with Crippen LogP contribution in [0.3, 0.4) is 0 Å². The number of fused-ring (bicyclic) bond motifs is 12. The van der Waals surface area contributed by atoms with Crippen LogP contribution in [0.25, 0.3) is 105 Å². The maximum atomic E-state index is 7.74. The highest BCUT2D eigenvalue weighted by atomic mass is 16.3. The van der Waals surface area contributed by atoms with Crippen LogP contribution in [-0.4, -0.2) is 0 Å². The van der Waals surface area contributed by atoms with E-state index in [1.165, 1.54) is 27.6 Å². The fourth-order valence-corrected chi connectivity index (χ4v) is 12.9. The van der Waals surface area contributed by atoms with Gasteiger partial charge in [0.25, 0.3) is 0 Å². The summed E-state index contributed by atoms with van der Waals surface area (Å²) in [5.41, 5.74) is 17.8. The molecule has 0 amide bonds. The van der Waals surface area contributed by atoms with Crippen molar-refractivity contribution in [2.24, 2.45) is 0 Å². The van der Waals surface area contributed by atoms with Gasteiger partial charge in [-0.1, -0.05) is 231 Å². The minimum absolute atomic E-state index is 0.00547. The summed E-state index contributed by atoms with van der Waals surface area (Å²) in [5.74, 6) is 0.983. The number of anilines is 6. The summed E-state index contributed by atoms with van der Waals surface area (Å²) in [6.07, 6.45) is 5.44. The van der Waals surface area contributed by atoms with Crippen molar-refractivity contribution >= 4 is 105 Å². The molecule has 15 aromatic rings. The van der Waals surface area contributed by atoms with Gasteiger partial charge in [-0.3, -0.25) is 0 Å². The van der Waals surface area contributed by atoms with Crippen molar-refractivity contribution in [1.82, 2.24) is 0 Å². The van der Waals surface area contributed by atoms with E-state index in [0.29, 0.717) is 0 Å². The molecular weight excluding hydrogens is 997 g/mol. The predicted molar refractivity (Wildman–Crippen MR) is 344 cm³/mol. The van der Waals surface area contributed by atoms with Crippen LogP contribution in [0.1, 0.15) is 29.2 Å². The fourth-order valence-electron chi connectivity index (χ4n) is 12.9. The molecule has 13 aromatic carbocycles. The standard InChI is InChI=1S/C78H52N2O2/c1-6-20-51(21-7-1)54-36-38-57(39-37-54)64-32-18-34-65-66-46-47-67-70(79(59-28-12-4-13-29-59)61-43-40-55(41-44-61)52-22-8-2-9-23-52)49-69-71(80(60-30-14-5-15-31-60)62-45-42-53-24-16-17-27-58(53)48-62)50-72-73(74(69)75(67)78(66)82-76(64)65)68-35-19-33-63(77(68)81-72)56-25-10-3-11-26-56/h1-31,33-50,64H,32H2. The van der Waals surface area contributed by atoms with Crippen molar-refractivity contribution in [2.45, 2.75) is 12.3 Å². The molecule has 0 radical (unpaired) electrons. The maximum Gasteiger partial charge on any atom is 0.143 e. The van der Waals surface area contributed by atoms with E-state index in [2.05, 4.69) is 307 Å². The van der Waals surface area contributed by atoms with Crippen molar-refractivity contribution in [1.29, 1.82) is 0 Å². The van der Waals surface area contributed by atoms with Crippen LogP contribution < -0.4 is 9.80 Å². The molecule has 0 bridgehead atoms. The highest BCUT2D eigenvalue weighted by Gasteiger charge is 2.31. The lowest BCUT2D eigenvalue weighted by Crippen LogP contribution is -2.12. The lowest BCUT2D eigenvalue weighted by atomic mass is 9.86. The van der Waals surface area contributed by atoms with Gasteiger partial charge in [-0.15, -0.1) is 0 Å². The molecule has 0 fully saturated rings. The van der Waals surface area contributed by atoms with E-state index in [-0.39, 0.29) is 5.92 Å². The second kappa shape index (κ2) is 19.6. The summed E-state index contributed by atoms with van der Waals surface area (Å²) in [6.45, 7) is 0. The molecule has 16 rings (SSSR count). The van der Waals surface area contributed by atoms with Gasteiger partial charge in [0.15, 0.2) is 0 Å². The monoisotopic (exact) mass is 1050 g/mol. The number of furan rings is 2. The average molecular weight is 1050 g/mol. The van der Waals surface area contributed by atoms with Gasteiger partial charge in [0.2, 0.25) is 0 Å². The van der Waals surface area contributed by atoms with Gasteiger partial charge < -0.3 is 18.6 Å². The number of hydrogen-bond donors (Lipinski definition) is 0. The third-order valence-corrected chi connectivity index (χ3v) is 16.8. The van der Waals surface area contributed by atoms with Crippen molar-refractivity contribution < 1.29 is 8.83 Å². The maximum absolute atomic E-state index is 7.74. The SMILES string of the molecule is C1=Cc2c(oc3c2ccc2c(N(c4ccccc4)c4ccc(-c5ccccc5)cc4)cc4c(N(c5ccccc5)c5ccc6ccccc6c5)cc5oc6c(-c7ccccc7)cccc6c5c4c23)C(c2ccc(-c3ccccc3)cc2)C1. The smallest absolute Gasteiger partial charge is 0.143 e. The van der Waals surface area contributed by atoms with Crippen molar-refractivity contribution in [3.63, 3.8) is 0 Å². The van der Waals surface area contributed by atoms with Gasteiger partial charge in [0.1, 0.15) is 22.5 Å². The molecule has 1 unspecified atom stereocenters. The van der Waals surface area contributed by atoms with Gasteiger partial charge in [0, 0.05) is 83.6 Å². The summed E-state index contributed by atoms with van der Waals surface area (Å²) < 4.78 is 15.2. The molecule has 0 N–H and O–H groups in total. The molecule has 2 aromatic heterocycles. The third-order valence-electron chi connectivity index (χ3n) is 16.8. The first-order valence-corrected chi connectivity index (χ1v) is 28.2. The van der Waals surface area contributed by atoms with Gasteiger partial charge in [-0.05, 0) is 111 Å². The number of benzene rings is 13. The predicted octanol–water partition coefficient (Wildman–Crippen LogP) is 22.3. The van der Waals surface area contributed by atoms with Gasteiger partial charge in [-0.2, -0.15) is 0 Å². The Morgan fingerprint density at radius 1 is 0.329 bits per heavy atom. The van der Waals surface area contributed by atoms with Gasteiger partial charge in [-0.25, -0.2) is 0 Å². The first kappa shape index (κ1) is 47.3. The van der Waals surface area contributed by atoms with E-state index in [1.54, 1.807) is 0 Å². The van der Waals surface area contributed by atoms with Crippen LogP contribution >= 0.6 is 0 Å². The largest absolute Gasteiger partial charge is 0.459 e. The molecular formula is C78H52N2O2. The number of nitrogens with zero attached hydrogens (tertiary/aromatic N) is 2. The third kappa shape index (κ3) is 7.90. The molecule has 2 heterocycles. The number of hydrogen-bond acceptors (Lipinski definition) is 4. The molecule has 0 aliphatic heterocycles. The highest BCUT2D eigenvalue weighted by Crippen LogP contribution is 2.54. The van der Waals surface area contributed by atoms with E-state index in [4.69, 9.17) is 8.83 Å². The molecule has 4 nitrogen and oxygen atoms in total. The van der Waals surface area contributed by atoms with Gasteiger partial charge >= 0.3 is 0 Å². The van der Waals surface area contributed by atoms with Crippen LogP contribution in [0.15, 0.2) is 300 Å². The molecule has 1 aliphatic carbocycles. The van der Waals surface area contributed by atoms with E-state index < -0.39 is 0 Å². The van der Waals surface area contributed by atoms with Crippen LogP contribution in [-0.2, 0) is 0 Å². The zero-order valence-corrected chi connectivity index (χ0v) is 44.8. The molecule has 1 aliphatic rings. The molecule has 0 saturated carbocycles. The van der Waals surface area contributed by atoms with Crippen LogP contribution in [0, 0.1) is 0 Å².